The van der Waals surface area contributed by atoms with Crippen molar-refractivity contribution >= 4 is 11.9 Å². The lowest BCUT2D eigenvalue weighted by Gasteiger charge is -2.07. The molecule has 0 unspecified atom stereocenters. The van der Waals surface area contributed by atoms with Gasteiger partial charge >= 0.3 is 0 Å². The molecular formula is C18H17N3O3. The molecule has 6 nitrogen and oxygen atoms in total. The van der Waals surface area contributed by atoms with E-state index in [9.17, 15) is 4.79 Å². The van der Waals surface area contributed by atoms with Gasteiger partial charge < -0.3 is 9.26 Å². The van der Waals surface area contributed by atoms with Gasteiger partial charge in [0.05, 0.1) is 0 Å². The highest BCUT2D eigenvalue weighted by atomic mass is 16.5. The van der Waals surface area contributed by atoms with Gasteiger partial charge in [0.15, 0.2) is 6.61 Å². The number of rotatable bonds is 5. The number of nitrogens with one attached hydrogen (secondary N) is 1. The summed E-state index contributed by atoms with van der Waals surface area (Å²) in [5, 5.41) is 6.31. The molecule has 0 fully saturated rings. The zero-order chi connectivity index (χ0) is 16.9. The fraction of sp³-hybridized carbons (Fsp3) is 0.167. The number of aryl methyl sites for hydroxylation is 2. The molecule has 24 heavy (non-hydrogen) atoms. The van der Waals surface area contributed by atoms with Crippen LogP contribution in [-0.4, -0.2) is 22.7 Å². The van der Waals surface area contributed by atoms with Gasteiger partial charge in [-0.1, -0.05) is 35.9 Å². The van der Waals surface area contributed by atoms with E-state index in [1.54, 1.807) is 0 Å². The second-order valence-corrected chi connectivity index (χ2v) is 5.39. The molecule has 122 valence electrons. The molecule has 0 aliphatic carbocycles. The number of carbonyl (C=O) groups excluding carboxylic acids is 1. The van der Waals surface area contributed by atoms with Gasteiger partial charge in [-0.15, -0.1) is 0 Å². The molecule has 3 rings (SSSR count). The van der Waals surface area contributed by atoms with E-state index in [2.05, 4.69) is 15.5 Å². The summed E-state index contributed by atoms with van der Waals surface area (Å²) in [4.78, 5) is 16.1. The molecule has 0 atom stereocenters. The molecule has 0 saturated carbocycles. The van der Waals surface area contributed by atoms with E-state index in [1.807, 2.05) is 62.4 Å². The minimum absolute atomic E-state index is 0.115. The lowest BCUT2D eigenvalue weighted by molar-refractivity contribution is -0.118. The second kappa shape index (κ2) is 6.95. The topological polar surface area (TPSA) is 77.2 Å². The summed E-state index contributed by atoms with van der Waals surface area (Å²) in [6, 6.07) is 15.2. The largest absolute Gasteiger partial charge is 0.483 e. The first kappa shape index (κ1) is 15.7. The van der Waals surface area contributed by atoms with Crippen LogP contribution in [0.5, 0.6) is 5.75 Å². The van der Waals surface area contributed by atoms with Crippen molar-refractivity contribution in [2.24, 2.45) is 0 Å². The van der Waals surface area contributed by atoms with Crippen molar-refractivity contribution in [1.82, 2.24) is 10.1 Å². The zero-order valence-electron chi connectivity index (χ0n) is 13.4. The normalized spacial score (nSPS) is 10.4. The number of anilines is 1. The van der Waals surface area contributed by atoms with Gasteiger partial charge in [-0.05, 0) is 42.8 Å². The predicted molar refractivity (Wildman–Crippen MR) is 89.8 cm³/mol. The molecule has 0 saturated heterocycles. The predicted octanol–water partition coefficient (Wildman–Crippen LogP) is 3.37. The van der Waals surface area contributed by atoms with Crippen LogP contribution in [0.1, 0.15) is 11.1 Å². The van der Waals surface area contributed by atoms with E-state index >= 15 is 0 Å². The molecule has 1 aromatic heterocycles. The van der Waals surface area contributed by atoms with Crippen molar-refractivity contribution in [2.45, 2.75) is 13.8 Å². The van der Waals surface area contributed by atoms with Crippen LogP contribution in [0.25, 0.3) is 11.5 Å². The van der Waals surface area contributed by atoms with Crippen molar-refractivity contribution in [1.29, 1.82) is 0 Å². The van der Waals surface area contributed by atoms with Gasteiger partial charge in [0.25, 0.3) is 17.7 Å². The van der Waals surface area contributed by atoms with E-state index in [1.165, 1.54) is 0 Å². The van der Waals surface area contributed by atoms with E-state index in [4.69, 9.17) is 9.26 Å². The molecule has 0 aliphatic rings. The SMILES string of the molecule is Cc1ccc(-c2nc(NC(=O)COc3ccccc3C)no2)cc1. The smallest absolute Gasteiger partial charge is 0.270 e. The van der Waals surface area contributed by atoms with Crippen LogP contribution in [-0.2, 0) is 4.79 Å². The highest BCUT2D eigenvalue weighted by Crippen LogP contribution is 2.19. The molecule has 0 aliphatic heterocycles. The molecule has 6 heteroatoms. The number of para-hydroxylation sites is 1. The lowest BCUT2D eigenvalue weighted by Crippen LogP contribution is -2.21. The fourth-order valence-corrected chi connectivity index (χ4v) is 2.11. The maximum absolute atomic E-state index is 11.9. The third kappa shape index (κ3) is 3.78. The van der Waals surface area contributed by atoms with Crippen LogP contribution in [0.4, 0.5) is 5.95 Å². The van der Waals surface area contributed by atoms with E-state index < -0.39 is 0 Å². The molecule has 1 N–H and O–H groups in total. The summed E-state index contributed by atoms with van der Waals surface area (Å²) < 4.78 is 10.6. The number of aromatic nitrogens is 2. The molecular weight excluding hydrogens is 306 g/mol. The summed E-state index contributed by atoms with van der Waals surface area (Å²) >= 11 is 0. The van der Waals surface area contributed by atoms with Gasteiger partial charge in [-0.3, -0.25) is 10.1 Å². The molecule has 3 aromatic rings. The minimum atomic E-state index is -0.352. The number of benzene rings is 2. The Kier molecular flexibility index (Phi) is 4.56. The average molecular weight is 323 g/mol. The average Bonchev–Trinajstić information content (AvgIpc) is 3.03. The number of amides is 1. The number of hydrogen-bond donors (Lipinski definition) is 1. The minimum Gasteiger partial charge on any atom is -0.483 e. The van der Waals surface area contributed by atoms with Crippen molar-refractivity contribution in [3.05, 3.63) is 59.7 Å². The highest BCUT2D eigenvalue weighted by molar-refractivity contribution is 5.90. The first-order valence-electron chi connectivity index (χ1n) is 7.51. The van der Waals surface area contributed by atoms with Crippen LogP contribution in [0, 0.1) is 13.8 Å². The highest BCUT2D eigenvalue weighted by Gasteiger charge is 2.12. The Morgan fingerprint density at radius 2 is 1.88 bits per heavy atom. The monoisotopic (exact) mass is 323 g/mol. The molecule has 1 heterocycles. The van der Waals surface area contributed by atoms with E-state index in [0.717, 1.165) is 16.7 Å². The number of nitrogens with zero attached hydrogens (tertiary/aromatic N) is 2. The Labute approximate surface area is 139 Å². The summed E-state index contributed by atoms with van der Waals surface area (Å²) in [7, 11) is 0. The van der Waals surface area contributed by atoms with E-state index in [-0.39, 0.29) is 18.5 Å². The Bertz CT molecular complexity index is 841. The summed E-state index contributed by atoms with van der Waals surface area (Å²) in [6.45, 7) is 3.79. The Morgan fingerprint density at radius 3 is 2.62 bits per heavy atom. The van der Waals surface area contributed by atoms with Gasteiger partial charge in [-0.25, -0.2) is 0 Å². The fourth-order valence-electron chi connectivity index (χ4n) is 2.11. The Hall–Kier alpha value is -3.15. The third-order valence-electron chi connectivity index (χ3n) is 3.43. The molecule has 0 radical (unpaired) electrons. The van der Waals surface area contributed by atoms with Gasteiger partial charge in [0.1, 0.15) is 5.75 Å². The van der Waals surface area contributed by atoms with Gasteiger partial charge in [-0.2, -0.15) is 4.98 Å². The molecule has 0 spiro atoms. The van der Waals surface area contributed by atoms with Gasteiger partial charge in [0, 0.05) is 5.56 Å². The summed E-state index contributed by atoms with van der Waals surface area (Å²) in [5.41, 5.74) is 2.90. The molecule has 2 aromatic carbocycles. The lowest BCUT2D eigenvalue weighted by atomic mass is 10.1. The summed E-state index contributed by atoms with van der Waals surface area (Å²) in [5.74, 6) is 0.782. The van der Waals surface area contributed by atoms with Crippen LogP contribution in [0.15, 0.2) is 53.1 Å². The second-order valence-electron chi connectivity index (χ2n) is 5.39. The number of hydrogen-bond acceptors (Lipinski definition) is 5. The molecule has 1 amide bonds. The Morgan fingerprint density at radius 1 is 1.12 bits per heavy atom. The van der Waals surface area contributed by atoms with Crippen molar-refractivity contribution in [3.63, 3.8) is 0 Å². The number of carbonyl (C=O) groups is 1. The van der Waals surface area contributed by atoms with E-state index in [0.29, 0.717) is 11.6 Å². The standard InChI is InChI=1S/C18H17N3O3/c1-12-7-9-14(10-8-12)17-20-18(21-24-17)19-16(22)11-23-15-6-4-3-5-13(15)2/h3-10H,11H2,1-2H3,(H,19,21,22). The van der Waals surface area contributed by atoms with Crippen molar-refractivity contribution in [2.75, 3.05) is 11.9 Å². The quantitative estimate of drug-likeness (QED) is 0.779. The van der Waals surface area contributed by atoms with Crippen molar-refractivity contribution in [3.8, 4) is 17.2 Å². The third-order valence-corrected chi connectivity index (χ3v) is 3.43. The number of ether oxygens (including phenoxy) is 1. The first-order valence-corrected chi connectivity index (χ1v) is 7.51. The van der Waals surface area contributed by atoms with Crippen LogP contribution in [0.2, 0.25) is 0 Å². The maximum atomic E-state index is 11.9. The summed E-state index contributed by atoms with van der Waals surface area (Å²) in [6.07, 6.45) is 0. The van der Waals surface area contributed by atoms with Gasteiger partial charge in [0.2, 0.25) is 0 Å². The zero-order valence-corrected chi connectivity index (χ0v) is 13.4. The van der Waals surface area contributed by atoms with Crippen LogP contribution >= 0.6 is 0 Å². The maximum Gasteiger partial charge on any atom is 0.270 e. The first-order chi connectivity index (χ1) is 11.6. The Balaban J connectivity index is 1.59. The van der Waals surface area contributed by atoms with Crippen LogP contribution < -0.4 is 10.1 Å². The van der Waals surface area contributed by atoms with Crippen molar-refractivity contribution < 1.29 is 14.1 Å². The van der Waals surface area contributed by atoms with Crippen LogP contribution in [0.3, 0.4) is 0 Å². The molecule has 0 bridgehead atoms.